The van der Waals surface area contributed by atoms with Gasteiger partial charge in [0.25, 0.3) is 0 Å². The van der Waals surface area contributed by atoms with Crippen LogP contribution in [-0.2, 0) is 22.9 Å². The summed E-state index contributed by atoms with van der Waals surface area (Å²) in [5.41, 5.74) is 10.8. The normalized spacial score (nSPS) is 17.4. The van der Waals surface area contributed by atoms with Crippen LogP contribution in [0.5, 0.6) is 5.75 Å². The SMILES string of the molecule is CCC[C@@H](CCO)Nc1nc(N)nc2c3ccccc3n(Cc3cc(CNC4CCS(=O)(=O)C4)ccc3OC)c12. The predicted molar refractivity (Wildman–Crippen MR) is 159 cm³/mol. The summed E-state index contributed by atoms with van der Waals surface area (Å²) in [5, 5.41) is 17.6. The topological polar surface area (TPSA) is 144 Å². The van der Waals surface area contributed by atoms with E-state index < -0.39 is 9.84 Å². The number of aliphatic hydroxyl groups excluding tert-OH is 1. The molecule has 1 saturated heterocycles. The first-order chi connectivity index (χ1) is 19.3. The lowest BCUT2D eigenvalue weighted by Gasteiger charge is -2.20. The van der Waals surface area contributed by atoms with Gasteiger partial charge in [-0.15, -0.1) is 0 Å². The number of fused-ring (bicyclic) bond motifs is 3. The highest BCUT2D eigenvalue weighted by molar-refractivity contribution is 7.91. The van der Waals surface area contributed by atoms with Crippen LogP contribution in [0.3, 0.4) is 0 Å². The van der Waals surface area contributed by atoms with Gasteiger partial charge in [-0.1, -0.05) is 37.6 Å². The van der Waals surface area contributed by atoms with Crippen LogP contribution >= 0.6 is 0 Å². The summed E-state index contributed by atoms with van der Waals surface area (Å²) in [4.78, 5) is 9.25. The van der Waals surface area contributed by atoms with Crippen LogP contribution in [-0.4, -0.2) is 65.4 Å². The average molecular weight is 567 g/mol. The number of nitrogen functional groups attached to an aromatic ring is 1. The highest BCUT2D eigenvalue weighted by Crippen LogP contribution is 2.35. The van der Waals surface area contributed by atoms with E-state index in [2.05, 4.69) is 44.2 Å². The van der Waals surface area contributed by atoms with Crippen LogP contribution in [0.25, 0.3) is 21.9 Å². The number of anilines is 2. The molecule has 1 fully saturated rings. The zero-order chi connectivity index (χ0) is 28.3. The number of aromatic nitrogens is 3. The third kappa shape index (κ3) is 6.01. The van der Waals surface area contributed by atoms with E-state index >= 15 is 0 Å². The molecule has 0 spiro atoms. The quantitative estimate of drug-likeness (QED) is 0.203. The second-order valence-electron chi connectivity index (χ2n) is 10.5. The summed E-state index contributed by atoms with van der Waals surface area (Å²) in [6.07, 6.45) is 3.10. The van der Waals surface area contributed by atoms with Crippen molar-refractivity contribution in [3.8, 4) is 5.75 Å². The van der Waals surface area contributed by atoms with Crippen LogP contribution in [0.4, 0.5) is 11.8 Å². The Balaban J connectivity index is 1.55. The van der Waals surface area contributed by atoms with Crippen molar-refractivity contribution in [3.63, 3.8) is 0 Å². The number of aliphatic hydroxyl groups is 1. The Morgan fingerprint density at radius 3 is 2.75 bits per heavy atom. The molecular weight excluding hydrogens is 528 g/mol. The molecule has 1 aliphatic heterocycles. The number of ether oxygens (including phenoxy) is 1. The first-order valence-electron chi connectivity index (χ1n) is 13.8. The van der Waals surface area contributed by atoms with E-state index in [0.717, 1.165) is 51.7 Å². The molecule has 1 unspecified atom stereocenters. The molecule has 3 heterocycles. The molecule has 4 aromatic rings. The van der Waals surface area contributed by atoms with Crippen molar-refractivity contribution < 1.29 is 18.3 Å². The highest BCUT2D eigenvalue weighted by atomic mass is 32.2. The van der Waals surface area contributed by atoms with Crippen molar-refractivity contribution in [1.82, 2.24) is 19.9 Å². The number of nitrogens with two attached hydrogens (primary N) is 1. The Hall–Kier alpha value is -3.41. The Kier molecular flexibility index (Phi) is 8.43. The Morgan fingerprint density at radius 1 is 1.20 bits per heavy atom. The summed E-state index contributed by atoms with van der Waals surface area (Å²) in [6.45, 7) is 3.26. The van der Waals surface area contributed by atoms with E-state index in [4.69, 9.17) is 10.5 Å². The van der Waals surface area contributed by atoms with Gasteiger partial charge in [0.2, 0.25) is 5.95 Å². The maximum absolute atomic E-state index is 11.9. The molecule has 11 heteroatoms. The molecule has 0 bridgehead atoms. The molecule has 0 radical (unpaired) electrons. The number of nitrogens with one attached hydrogen (secondary N) is 2. The maximum atomic E-state index is 11.9. The smallest absolute Gasteiger partial charge is 0.222 e. The first-order valence-corrected chi connectivity index (χ1v) is 15.7. The number of methoxy groups -OCH3 is 1. The largest absolute Gasteiger partial charge is 0.496 e. The van der Waals surface area contributed by atoms with Gasteiger partial charge in [-0.05, 0) is 43.0 Å². The minimum absolute atomic E-state index is 0.0286. The van der Waals surface area contributed by atoms with Crippen molar-refractivity contribution in [2.75, 3.05) is 36.3 Å². The minimum atomic E-state index is -2.94. The second kappa shape index (κ2) is 12.0. The number of hydrogen-bond acceptors (Lipinski definition) is 9. The Morgan fingerprint density at radius 2 is 2.02 bits per heavy atom. The standard InChI is InChI=1S/C29H38N6O4S/c1-3-6-21(11-13-36)32-28-27-26(33-29(30)34-28)23-7-4-5-8-24(23)35(27)17-20-15-19(9-10-25(20)39-2)16-31-22-12-14-40(37,38)18-22/h4-5,7-10,15,21-22,31,36H,3,6,11-14,16-18H2,1-2H3,(H3,30,32,33,34)/t21-,22?/m0/s1. The third-order valence-electron chi connectivity index (χ3n) is 7.58. The van der Waals surface area contributed by atoms with E-state index in [0.29, 0.717) is 31.7 Å². The van der Waals surface area contributed by atoms with Gasteiger partial charge in [0.15, 0.2) is 15.7 Å². The van der Waals surface area contributed by atoms with Crippen LogP contribution < -0.4 is 21.1 Å². The zero-order valence-corrected chi connectivity index (χ0v) is 23.9. The van der Waals surface area contributed by atoms with Crippen molar-refractivity contribution >= 4 is 43.5 Å². The fourth-order valence-corrected chi connectivity index (χ4v) is 7.36. The van der Waals surface area contributed by atoms with Gasteiger partial charge >= 0.3 is 0 Å². The Labute approximate surface area is 234 Å². The third-order valence-corrected chi connectivity index (χ3v) is 9.35. The van der Waals surface area contributed by atoms with Crippen LogP contribution in [0.15, 0.2) is 42.5 Å². The van der Waals surface area contributed by atoms with E-state index in [-0.39, 0.29) is 36.1 Å². The molecule has 1 aliphatic rings. The minimum Gasteiger partial charge on any atom is -0.496 e. The van der Waals surface area contributed by atoms with Crippen molar-refractivity contribution in [2.45, 2.75) is 57.8 Å². The lowest BCUT2D eigenvalue weighted by molar-refractivity contribution is 0.276. The van der Waals surface area contributed by atoms with E-state index in [1.165, 1.54) is 0 Å². The molecule has 2 atom stereocenters. The van der Waals surface area contributed by atoms with Gasteiger partial charge in [-0.3, -0.25) is 0 Å². The highest BCUT2D eigenvalue weighted by Gasteiger charge is 2.27. The van der Waals surface area contributed by atoms with Gasteiger partial charge in [0.1, 0.15) is 16.8 Å². The first kappa shape index (κ1) is 28.1. The van der Waals surface area contributed by atoms with Crippen LogP contribution in [0.1, 0.15) is 43.7 Å². The molecule has 5 rings (SSSR count). The number of hydrogen-bond donors (Lipinski definition) is 4. The number of rotatable bonds is 12. The fourth-order valence-electron chi connectivity index (χ4n) is 5.65. The number of benzene rings is 2. The van der Waals surface area contributed by atoms with Gasteiger partial charge < -0.3 is 30.8 Å². The van der Waals surface area contributed by atoms with Gasteiger partial charge in [-0.25, -0.2) is 13.4 Å². The molecule has 2 aromatic heterocycles. The monoisotopic (exact) mass is 566 g/mol. The summed E-state index contributed by atoms with van der Waals surface area (Å²) >= 11 is 0. The molecule has 10 nitrogen and oxygen atoms in total. The Bertz CT molecular complexity index is 1600. The summed E-state index contributed by atoms with van der Waals surface area (Å²) in [6, 6.07) is 14.2. The summed E-state index contributed by atoms with van der Waals surface area (Å²) < 4.78 is 31.7. The average Bonchev–Trinajstić information content (AvgIpc) is 3.44. The lowest BCUT2D eigenvalue weighted by atomic mass is 10.1. The van der Waals surface area contributed by atoms with Crippen molar-refractivity contribution in [2.24, 2.45) is 0 Å². The maximum Gasteiger partial charge on any atom is 0.222 e. The summed E-state index contributed by atoms with van der Waals surface area (Å²) in [5.74, 6) is 2.02. The van der Waals surface area contributed by atoms with Gasteiger partial charge in [0, 0.05) is 36.2 Å². The van der Waals surface area contributed by atoms with Crippen molar-refractivity contribution in [1.29, 1.82) is 0 Å². The molecule has 2 aromatic carbocycles. The molecule has 5 N–H and O–H groups in total. The predicted octanol–water partition coefficient (Wildman–Crippen LogP) is 3.46. The molecule has 214 valence electrons. The van der Waals surface area contributed by atoms with E-state index in [9.17, 15) is 13.5 Å². The van der Waals surface area contributed by atoms with Gasteiger partial charge in [-0.2, -0.15) is 4.98 Å². The molecular formula is C29H38N6O4S. The second-order valence-corrected chi connectivity index (χ2v) is 12.7. The fraction of sp³-hybridized carbons (Fsp3) is 0.448. The lowest BCUT2D eigenvalue weighted by Crippen LogP contribution is -2.29. The van der Waals surface area contributed by atoms with E-state index in [1.807, 2.05) is 30.3 Å². The van der Waals surface area contributed by atoms with Crippen molar-refractivity contribution in [3.05, 3.63) is 53.6 Å². The molecule has 40 heavy (non-hydrogen) atoms. The number of sulfone groups is 1. The molecule has 0 aliphatic carbocycles. The number of nitrogens with zero attached hydrogens (tertiary/aromatic N) is 3. The van der Waals surface area contributed by atoms with Crippen LogP contribution in [0, 0.1) is 0 Å². The van der Waals surface area contributed by atoms with E-state index in [1.54, 1.807) is 7.11 Å². The van der Waals surface area contributed by atoms with Crippen LogP contribution in [0.2, 0.25) is 0 Å². The molecule has 0 amide bonds. The number of para-hydroxylation sites is 1. The zero-order valence-electron chi connectivity index (χ0n) is 23.1. The molecule has 0 saturated carbocycles. The van der Waals surface area contributed by atoms with Gasteiger partial charge in [0.05, 0.1) is 30.7 Å². The summed E-state index contributed by atoms with van der Waals surface area (Å²) in [7, 11) is -1.28.